The van der Waals surface area contributed by atoms with Gasteiger partial charge in [-0.05, 0) is 60.1 Å². The molecule has 1 aliphatic carbocycles. The molecule has 2 aromatic rings. The Morgan fingerprint density at radius 3 is 2.00 bits per heavy atom. The maximum Gasteiger partial charge on any atom is 0.407 e. The quantitative estimate of drug-likeness (QED) is 0.852. The minimum Gasteiger partial charge on any atom is -0.465 e. The van der Waals surface area contributed by atoms with Crippen molar-refractivity contribution in [3.8, 4) is 0 Å². The van der Waals surface area contributed by atoms with Crippen molar-refractivity contribution in [2.45, 2.75) is 31.5 Å². The van der Waals surface area contributed by atoms with Crippen molar-refractivity contribution in [2.75, 3.05) is 13.1 Å². The lowest BCUT2D eigenvalue weighted by molar-refractivity contribution is -0.0999. The smallest absolute Gasteiger partial charge is 0.407 e. The van der Waals surface area contributed by atoms with E-state index in [1.807, 2.05) is 0 Å². The molecule has 0 unspecified atom stereocenters. The van der Waals surface area contributed by atoms with Crippen LogP contribution in [0.15, 0.2) is 48.5 Å². The van der Waals surface area contributed by atoms with Crippen LogP contribution in [-0.4, -0.2) is 35.3 Å². The first-order valence-corrected chi connectivity index (χ1v) is 9.08. The summed E-state index contributed by atoms with van der Waals surface area (Å²) >= 11 is 0. The third-order valence-corrected chi connectivity index (χ3v) is 5.70. The zero-order valence-corrected chi connectivity index (χ0v) is 14.8. The number of likely N-dealkylation sites (tertiary alicyclic amines) is 1. The van der Waals surface area contributed by atoms with Gasteiger partial charge in [0.25, 0.3) is 0 Å². The number of rotatable bonds is 4. The van der Waals surface area contributed by atoms with Crippen molar-refractivity contribution in [1.82, 2.24) is 4.90 Å². The summed E-state index contributed by atoms with van der Waals surface area (Å²) in [6.45, 7) is 1.13. The zero-order valence-electron chi connectivity index (χ0n) is 14.8. The minimum atomic E-state index is -0.869. The van der Waals surface area contributed by atoms with Crippen LogP contribution >= 0.6 is 0 Å². The molecule has 2 aliphatic rings. The van der Waals surface area contributed by atoms with E-state index in [1.54, 1.807) is 24.3 Å². The van der Waals surface area contributed by atoms with Crippen LogP contribution in [0.4, 0.5) is 13.6 Å². The molecule has 1 saturated carbocycles. The fraction of sp³-hybridized carbons (Fsp3) is 0.381. The molecule has 1 heterocycles. The molecule has 2 fully saturated rings. The van der Waals surface area contributed by atoms with Gasteiger partial charge in [0.1, 0.15) is 17.7 Å². The highest BCUT2D eigenvalue weighted by atomic mass is 19.1. The summed E-state index contributed by atoms with van der Waals surface area (Å²) in [5, 5.41) is 9.15. The van der Waals surface area contributed by atoms with Gasteiger partial charge in [0.05, 0.1) is 6.10 Å². The van der Waals surface area contributed by atoms with E-state index < -0.39 is 12.2 Å². The Labute approximate surface area is 156 Å². The number of carbonyl (C=O) groups is 1. The van der Waals surface area contributed by atoms with Crippen molar-refractivity contribution < 1.29 is 23.4 Å². The molecule has 1 spiro atoms. The van der Waals surface area contributed by atoms with Crippen LogP contribution in [0.5, 0.6) is 0 Å². The molecule has 0 atom stereocenters. The first-order chi connectivity index (χ1) is 12.9. The number of ether oxygens (including phenoxy) is 1. The van der Waals surface area contributed by atoms with Crippen LogP contribution in [0.1, 0.15) is 36.5 Å². The number of hydrogen-bond acceptors (Lipinski definition) is 2. The summed E-state index contributed by atoms with van der Waals surface area (Å²) in [6, 6.07) is 12.3. The highest BCUT2D eigenvalue weighted by Gasteiger charge is 2.50. The highest BCUT2D eigenvalue weighted by molar-refractivity contribution is 5.65. The van der Waals surface area contributed by atoms with E-state index in [0.717, 1.165) is 30.4 Å². The standard InChI is InChI=1S/C21H21F2NO3/c22-16-5-1-14(2-6-16)19(15-3-7-17(23)8-4-15)27-18-11-21(12-18)9-10-24(13-21)20(25)26/h1-8,18-19H,9-13H2,(H,25,26)/t18-,21-. The van der Waals surface area contributed by atoms with Gasteiger partial charge < -0.3 is 14.7 Å². The van der Waals surface area contributed by atoms with E-state index in [0.29, 0.717) is 13.1 Å². The van der Waals surface area contributed by atoms with Gasteiger partial charge in [-0.15, -0.1) is 0 Å². The van der Waals surface area contributed by atoms with Crippen molar-refractivity contribution in [3.05, 3.63) is 71.3 Å². The number of carboxylic acid groups (broad SMARTS) is 1. The van der Waals surface area contributed by atoms with Gasteiger partial charge in [-0.25, -0.2) is 13.6 Å². The van der Waals surface area contributed by atoms with E-state index in [4.69, 9.17) is 9.84 Å². The molecule has 142 valence electrons. The summed E-state index contributed by atoms with van der Waals surface area (Å²) in [5.41, 5.74) is 1.63. The average Bonchev–Trinajstić information content (AvgIpc) is 3.07. The van der Waals surface area contributed by atoms with Crippen LogP contribution < -0.4 is 0 Å². The minimum absolute atomic E-state index is 0.00106. The molecule has 6 heteroatoms. The molecule has 1 aliphatic heterocycles. The second-order valence-electron chi connectivity index (χ2n) is 7.60. The van der Waals surface area contributed by atoms with E-state index >= 15 is 0 Å². The molecule has 0 bridgehead atoms. The molecule has 1 N–H and O–H groups in total. The molecule has 0 aromatic heterocycles. The Bertz CT molecular complexity index is 771. The number of halogens is 2. The Morgan fingerprint density at radius 1 is 1.04 bits per heavy atom. The topological polar surface area (TPSA) is 49.8 Å². The third kappa shape index (κ3) is 3.67. The largest absolute Gasteiger partial charge is 0.465 e. The summed E-state index contributed by atoms with van der Waals surface area (Å²) in [7, 11) is 0. The van der Waals surface area contributed by atoms with Crippen molar-refractivity contribution in [3.63, 3.8) is 0 Å². The zero-order chi connectivity index (χ0) is 19.0. The van der Waals surface area contributed by atoms with E-state index in [1.165, 1.54) is 29.2 Å². The predicted octanol–water partition coefficient (Wildman–Crippen LogP) is 4.60. The van der Waals surface area contributed by atoms with Gasteiger partial charge in [-0.2, -0.15) is 0 Å². The normalized spacial score (nSPS) is 24.4. The van der Waals surface area contributed by atoms with Crippen molar-refractivity contribution in [2.24, 2.45) is 5.41 Å². The van der Waals surface area contributed by atoms with Crippen LogP contribution in [-0.2, 0) is 4.74 Å². The van der Waals surface area contributed by atoms with Crippen LogP contribution in [0.25, 0.3) is 0 Å². The molecule has 1 saturated heterocycles. The fourth-order valence-electron chi connectivity index (χ4n) is 4.25. The lowest BCUT2D eigenvalue weighted by Gasteiger charge is -2.46. The Morgan fingerprint density at radius 2 is 1.56 bits per heavy atom. The lowest BCUT2D eigenvalue weighted by Crippen LogP contribution is -2.45. The number of nitrogens with zero attached hydrogens (tertiary/aromatic N) is 1. The average molecular weight is 373 g/mol. The second-order valence-corrected chi connectivity index (χ2v) is 7.60. The number of hydrogen-bond donors (Lipinski definition) is 1. The predicted molar refractivity (Wildman–Crippen MR) is 95.4 cm³/mol. The first-order valence-electron chi connectivity index (χ1n) is 9.08. The number of benzene rings is 2. The molecule has 4 nitrogen and oxygen atoms in total. The van der Waals surface area contributed by atoms with Crippen molar-refractivity contribution >= 4 is 6.09 Å². The first kappa shape index (κ1) is 17.9. The van der Waals surface area contributed by atoms with E-state index in [9.17, 15) is 13.6 Å². The third-order valence-electron chi connectivity index (χ3n) is 5.70. The monoisotopic (exact) mass is 373 g/mol. The molecule has 0 radical (unpaired) electrons. The fourth-order valence-corrected chi connectivity index (χ4v) is 4.25. The van der Waals surface area contributed by atoms with Crippen LogP contribution in [0, 0.1) is 17.0 Å². The molecule has 2 aromatic carbocycles. The van der Waals surface area contributed by atoms with E-state index in [2.05, 4.69) is 0 Å². The Balaban J connectivity index is 1.48. The molecule has 27 heavy (non-hydrogen) atoms. The SMILES string of the molecule is O=C(O)N1CC[C@]2(C1)C[C@H](OC(c1ccc(F)cc1)c1ccc(F)cc1)C2. The molecular weight excluding hydrogens is 352 g/mol. The van der Waals surface area contributed by atoms with Crippen LogP contribution in [0.3, 0.4) is 0 Å². The number of amides is 1. The molecular formula is C21H21F2NO3. The van der Waals surface area contributed by atoms with Gasteiger partial charge in [0.2, 0.25) is 0 Å². The highest BCUT2D eigenvalue weighted by Crippen LogP contribution is 2.51. The maximum absolute atomic E-state index is 13.3. The van der Waals surface area contributed by atoms with Gasteiger partial charge in [-0.3, -0.25) is 0 Å². The van der Waals surface area contributed by atoms with Crippen molar-refractivity contribution in [1.29, 1.82) is 0 Å². The summed E-state index contributed by atoms with van der Waals surface area (Å²) < 4.78 is 32.9. The second kappa shape index (κ2) is 6.93. The van der Waals surface area contributed by atoms with Crippen LogP contribution in [0.2, 0.25) is 0 Å². The van der Waals surface area contributed by atoms with E-state index in [-0.39, 0.29) is 23.2 Å². The summed E-state index contributed by atoms with van der Waals surface area (Å²) in [5.74, 6) is -0.641. The van der Waals surface area contributed by atoms with Gasteiger partial charge in [0.15, 0.2) is 0 Å². The molecule has 4 rings (SSSR count). The summed E-state index contributed by atoms with van der Waals surface area (Å²) in [6.07, 6.45) is 1.18. The molecule has 1 amide bonds. The Hall–Kier alpha value is -2.47. The van der Waals surface area contributed by atoms with Gasteiger partial charge >= 0.3 is 6.09 Å². The van der Waals surface area contributed by atoms with Gasteiger partial charge in [0, 0.05) is 13.1 Å². The maximum atomic E-state index is 13.3. The Kier molecular flexibility index (Phi) is 4.60. The summed E-state index contributed by atoms with van der Waals surface area (Å²) in [4.78, 5) is 12.6. The van der Waals surface area contributed by atoms with Gasteiger partial charge in [-0.1, -0.05) is 24.3 Å². The lowest BCUT2D eigenvalue weighted by atomic mass is 9.66.